The second kappa shape index (κ2) is 10.0. The Morgan fingerprint density at radius 1 is 1.45 bits per heavy atom. The summed E-state index contributed by atoms with van der Waals surface area (Å²) in [6.45, 7) is 2.13. The lowest BCUT2D eigenvalue weighted by atomic mass is 10.0. The molecule has 0 radical (unpaired) electrons. The van der Waals surface area contributed by atoms with Crippen LogP contribution in [0.15, 0.2) is 24.3 Å². The number of halogens is 1. The first kappa shape index (κ1) is 19.2. The minimum absolute atomic E-state index is 0. The molecule has 0 saturated carbocycles. The van der Waals surface area contributed by atoms with E-state index in [9.17, 15) is 9.90 Å². The largest absolute Gasteiger partial charge is 0.387 e. The van der Waals surface area contributed by atoms with Gasteiger partial charge < -0.3 is 16.2 Å². The van der Waals surface area contributed by atoms with Crippen molar-refractivity contribution in [2.75, 3.05) is 18.6 Å². The molecule has 0 aliphatic carbocycles. The summed E-state index contributed by atoms with van der Waals surface area (Å²) < 4.78 is 0. The molecular formula is C14H23ClN2O2S. The van der Waals surface area contributed by atoms with Crippen LogP contribution in [0.5, 0.6) is 0 Å². The molecule has 114 valence electrons. The number of hydrogen-bond acceptors (Lipinski definition) is 4. The molecule has 0 fully saturated rings. The van der Waals surface area contributed by atoms with Gasteiger partial charge in [0.15, 0.2) is 0 Å². The SMILES string of the molecule is CSCC[C@H](N)C(=O)NCC(O)c1ccccc1C.Cl. The van der Waals surface area contributed by atoms with E-state index in [1.807, 2.05) is 37.4 Å². The molecule has 0 heterocycles. The summed E-state index contributed by atoms with van der Waals surface area (Å²) in [5.74, 6) is 0.649. The van der Waals surface area contributed by atoms with E-state index in [1.165, 1.54) is 0 Å². The highest BCUT2D eigenvalue weighted by Crippen LogP contribution is 2.16. The van der Waals surface area contributed by atoms with Crippen LogP contribution in [0.25, 0.3) is 0 Å². The first-order chi connectivity index (χ1) is 9.06. The van der Waals surface area contributed by atoms with Crippen molar-refractivity contribution in [1.29, 1.82) is 0 Å². The van der Waals surface area contributed by atoms with Crippen LogP contribution >= 0.6 is 24.2 Å². The smallest absolute Gasteiger partial charge is 0.237 e. The van der Waals surface area contributed by atoms with Crippen molar-refractivity contribution in [2.45, 2.75) is 25.5 Å². The number of nitrogens with one attached hydrogen (secondary N) is 1. The summed E-state index contributed by atoms with van der Waals surface area (Å²) in [5, 5.41) is 12.7. The lowest BCUT2D eigenvalue weighted by Crippen LogP contribution is -2.42. The Labute approximate surface area is 130 Å². The Balaban J connectivity index is 0.00000361. The van der Waals surface area contributed by atoms with Crippen molar-refractivity contribution in [3.63, 3.8) is 0 Å². The van der Waals surface area contributed by atoms with Gasteiger partial charge in [0.1, 0.15) is 0 Å². The molecule has 1 unspecified atom stereocenters. The first-order valence-electron chi connectivity index (χ1n) is 6.32. The fraction of sp³-hybridized carbons (Fsp3) is 0.500. The second-order valence-corrected chi connectivity index (χ2v) is 5.49. The molecule has 4 N–H and O–H groups in total. The zero-order valence-electron chi connectivity index (χ0n) is 11.8. The van der Waals surface area contributed by atoms with Crippen LogP contribution in [-0.4, -0.2) is 35.6 Å². The number of rotatable bonds is 7. The van der Waals surface area contributed by atoms with Gasteiger partial charge in [-0.1, -0.05) is 24.3 Å². The second-order valence-electron chi connectivity index (χ2n) is 4.51. The molecule has 0 bridgehead atoms. The summed E-state index contributed by atoms with van der Waals surface area (Å²) in [4.78, 5) is 11.7. The molecule has 2 atom stereocenters. The Bertz CT molecular complexity index is 418. The van der Waals surface area contributed by atoms with E-state index in [0.29, 0.717) is 6.42 Å². The van der Waals surface area contributed by atoms with Crippen LogP contribution in [0.1, 0.15) is 23.7 Å². The highest BCUT2D eigenvalue weighted by atomic mass is 35.5. The maximum atomic E-state index is 11.7. The van der Waals surface area contributed by atoms with E-state index < -0.39 is 12.1 Å². The lowest BCUT2D eigenvalue weighted by molar-refractivity contribution is -0.122. The molecule has 0 aliphatic rings. The van der Waals surface area contributed by atoms with Gasteiger partial charge in [-0.2, -0.15) is 11.8 Å². The summed E-state index contributed by atoms with van der Waals surface area (Å²) >= 11 is 1.66. The Kier molecular flexibility index (Phi) is 9.67. The number of nitrogens with two attached hydrogens (primary N) is 1. The van der Waals surface area contributed by atoms with E-state index in [2.05, 4.69) is 5.32 Å². The van der Waals surface area contributed by atoms with Gasteiger partial charge in [0.25, 0.3) is 0 Å². The van der Waals surface area contributed by atoms with Crippen molar-refractivity contribution >= 4 is 30.1 Å². The summed E-state index contributed by atoms with van der Waals surface area (Å²) in [6.07, 6.45) is 1.93. The van der Waals surface area contributed by atoms with Crippen molar-refractivity contribution in [3.05, 3.63) is 35.4 Å². The van der Waals surface area contributed by atoms with E-state index in [1.54, 1.807) is 11.8 Å². The van der Waals surface area contributed by atoms with Crippen molar-refractivity contribution in [2.24, 2.45) is 5.73 Å². The number of benzene rings is 1. The maximum Gasteiger partial charge on any atom is 0.237 e. The predicted octanol–water partition coefficient (Wildman–Crippen LogP) is 1.65. The van der Waals surface area contributed by atoms with E-state index in [0.717, 1.165) is 16.9 Å². The molecule has 0 aromatic heterocycles. The third-order valence-electron chi connectivity index (χ3n) is 2.99. The fourth-order valence-corrected chi connectivity index (χ4v) is 2.26. The summed E-state index contributed by atoms with van der Waals surface area (Å²) in [6, 6.07) is 7.08. The number of carbonyl (C=O) groups is 1. The third kappa shape index (κ3) is 6.13. The molecule has 0 spiro atoms. The molecule has 1 rings (SSSR count). The first-order valence-corrected chi connectivity index (χ1v) is 7.71. The minimum atomic E-state index is -0.696. The highest BCUT2D eigenvalue weighted by molar-refractivity contribution is 7.98. The Morgan fingerprint density at radius 2 is 2.10 bits per heavy atom. The lowest BCUT2D eigenvalue weighted by Gasteiger charge is -2.16. The molecule has 1 aromatic rings. The number of amides is 1. The van der Waals surface area contributed by atoms with E-state index in [4.69, 9.17) is 5.73 Å². The Morgan fingerprint density at radius 3 is 2.70 bits per heavy atom. The average Bonchev–Trinajstić information content (AvgIpc) is 2.42. The van der Waals surface area contributed by atoms with Gasteiger partial charge in [0.05, 0.1) is 12.1 Å². The molecule has 6 heteroatoms. The number of aliphatic hydroxyl groups excluding tert-OH is 1. The van der Waals surface area contributed by atoms with Crippen LogP contribution in [0, 0.1) is 6.92 Å². The van der Waals surface area contributed by atoms with Crippen LogP contribution in [0.2, 0.25) is 0 Å². The molecule has 0 aliphatic heterocycles. The van der Waals surface area contributed by atoms with Gasteiger partial charge in [0.2, 0.25) is 5.91 Å². The monoisotopic (exact) mass is 318 g/mol. The average molecular weight is 319 g/mol. The zero-order chi connectivity index (χ0) is 14.3. The molecular weight excluding hydrogens is 296 g/mol. The zero-order valence-corrected chi connectivity index (χ0v) is 13.5. The summed E-state index contributed by atoms with van der Waals surface area (Å²) in [5.41, 5.74) is 7.59. The number of thioether (sulfide) groups is 1. The van der Waals surface area contributed by atoms with Gasteiger partial charge in [-0.25, -0.2) is 0 Å². The summed E-state index contributed by atoms with van der Waals surface area (Å²) in [7, 11) is 0. The van der Waals surface area contributed by atoms with Gasteiger partial charge in [-0.3, -0.25) is 4.79 Å². The molecule has 4 nitrogen and oxygen atoms in total. The van der Waals surface area contributed by atoms with Crippen LogP contribution in [-0.2, 0) is 4.79 Å². The van der Waals surface area contributed by atoms with E-state index >= 15 is 0 Å². The van der Waals surface area contributed by atoms with Crippen LogP contribution < -0.4 is 11.1 Å². The van der Waals surface area contributed by atoms with Crippen molar-refractivity contribution < 1.29 is 9.90 Å². The Hall–Kier alpha value is -0.750. The maximum absolute atomic E-state index is 11.7. The number of hydrogen-bond donors (Lipinski definition) is 3. The number of aryl methyl sites for hydroxylation is 1. The van der Waals surface area contributed by atoms with Gasteiger partial charge in [0, 0.05) is 6.54 Å². The quantitative estimate of drug-likeness (QED) is 0.714. The normalized spacial score (nSPS) is 13.2. The van der Waals surface area contributed by atoms with Gasteiger partial charge in [-0.05, 0) is 36.5 Å². The van der Waals surface area contributed by atoms with Gasteiger partial charge in [-0.15, -0.1) is 12.4 Å². The fourth-order valence-electron chi connectivity index (χ4n) is 1.77. The van der Waals surface area contributed by atoms with Crippen LogP contribution in [0.3, 0.4) is 0 Å². The third-order valence-corrected chi connectivity index (χ3v) is 3.63. The molecule has 20 heavy (non-hydrogen) atoms. The predicted molar refractivity (Wildman–Crippen MR) is 87.4 cm³/mol. The number of aliphatic hydroxyl groups is 1. The number of carbonyl (C=O) groups excluding carboxylic acids is 1. The van der Waals surface area contributed by atoms with E-state index in [-0.39, 0.29) is 24.9 Å². The highest BCUT2D eigenvalue weighted by Gasteiger charge is 2.15. The molecule has 0 saturated heterocycles. The van der Waals surface area contributed by atoms with Crippen molar-refractivity contribution in [1.82, 2.24) is 5.32 Å². The van der Waals surface area contributed by atoms with Crippen molar-refractivity contribution in [3.8, 4) is 0 Å². The van der Waals surface area contributed by atoms with Crippen LogP contribution in [0.4, 0.5) is 0 Å². The minimum Gasteiger partial charge on any atom is -0.387 e. The standard InChI is InChI=1S/C14H22N2O2S.ClH/c1-10-5-3-4-6-11(10)13(17)9-16-14(18)12(15)7-8-19-2;/h3-6,12-13,17H,7-9,15H2,1-2H3,(H,16,18);1H/t12-,13?;/m0./s1. The molecule has 1 amide bonds. The molecule has 1 aromatic carbocycles. The van der Waals surface area contributed by atoms with Gasteiger partial charge >= 0.3 is 0 Å². The topological polar surface area (TPSA) is 75.4 Å².